The number of aryl methyl sites for hydroxylation is 2. The van der Waals surface area contributed by atoms with Crippen molar-refractivity contribution >= 4 is 171 Å². The Morgan fingerprint density at radius 1 is 0.192 bits per heavy atom. The van der Waals surface area contributed by atoms with E-state index < -0.39 is 171 Å². The van der Waals surface area contributed by atoms with Gasteiger partial charge in [0.1, 0.15) is 11.5 Å². The SMILES string of the molecule is C[Si](C)(CCCc1ccccc1O)O[Si](C)(C)O[Si](C)(C)O[Si](C)(C)O[Si](C)(C)O[Si](C)(C)O[Si](C)(C)O[Si](C)(C)O[Si](C)(C)O[Si](C)(C)O[Si](C)(C)O[Si](C)(C)O[Si](C)(C)O[Si](C)(C)O[Si](C)(C)O[Si](C)(C)O[Si](C)(C)O[Si](C)(C)O[Si](C)(C)O[Si](C)(C)CCCc1ccccc1O. The molecule has 0 radical (unpaired) electrons. The van der Waals surface area contributed by atoms with Crippen LogP contribution in [0.4, 0.5) is 0 Å². The first-order valence-corrected chi connectivity index (χ1v) is 92.2. The Hall–Kier alpha value is 1.62. The summed E-state index contributed by atoms with van der Waals surface area (Å²) in [4.78, 5) is 0. The van der Waals surface area contributed by atoms with Crippen molar-refractivity contribution in [1.82, 2.24) is 0 Å². The van der Waals surface area contributed by atoms with Gasteiger partial charge >= 0.3 is 154 Å². The molecule has 0 aliphatic rings. The molecular weight excluding hydrogens is 1590 g/mol. The van der Waals surface area contributed by atoms with E-state index in [4.69, 9.17) is 78.2 Å². The van der Waals surface area contributed by atoms with Crippen LogP contribution >= 0.6 is 0 Å². The molecule has 0 bridgehead atoms. The third-order valence-electron chi connectivity index (χ3n) is 13.8. The van der Waals surface area contributed by atoms with E-state index in [9.17, 15) is 10.2 Å². The Labute approximate surface area is 624 Å². The third-order valence-corrected chi connectivity index (χ3v) is 92.2. The maximum Gasteiger partial charge on any atom is 0.314 e. The molecule has 0 heterocycles. The molecule has 0 fully saturated rings. The Bertz CT molecular complexity index is 2690. The molecule has 2 aromatic carbocycles. The van der Waals surface area contributed by atoms with Crippen molar-refractivity contribution in [3.63, 3.8) is 0 Å². The number of hydrogen-bond donors (Lipinski definition) is 2. The van der Waals surface area contributed by atoms with Crippen molar-refractivity contribution in [3.8, 4) is 11.5 Å². The zero-order valence-electron chi connectivity index (χ0n) is 69.5. The number of benzene rings is 2. The van der Waals surface area contributed by atoms with E-state index in [1.54, 1.807) is 12.1 Å². The second kappa shape index (κ2) is 34.9. The van der Waals surface area contributed by atoms with Crippen LogP contribution in [-0.4, -0.2) is 181 Å². The van der Waals surface area contributed by atoms with E-state index in [1.165, 1.54) is 0 Å². The van der Waals surface area contributed by atoms with E-state index in [2.05, 4.69) is 262 Å². The predicted molar refractivity (Wildman–Crippen MR) is 453 cm³/mol. The molecule has 41 heteroatoms. The first kappa shape index (κ1) is 96.7. The maximum atomic E-state index is 10.3. The summed E-state index contributed by atoms with van der Waals surface area (Å²) in [7, 11) is -55.0. The molecule has 0 aliphatic heterocycles. The fraction of sp³-hybridized carbons (Fsp3) is 0.793. The van der Waals surface area contributed by atoms with Gasteiger partial charge in [-0.2, -0.15) is 0 Å². The van der Waals surface area contributed by atoms with Crippen molar-refractivity contribution in [1.29, 1.82) is 0 Å². The van der Waals surface area contributed by atoms with Gasteiger partial charge in [-0.05, 0) is 323 Å². The maximum absolute atomic E-state index is 10.3. The van der Waals surface area contributed by atoms with E-state index in [0.29, 0.717) is 11.5 Å². The van der Waals surface area contributed by atoms with Crippen LogP contribution in [-0.2, 0) is 91.0 Å². The molecule has 0 amide bonds. The van der Waals surface area contributed by atoms with Gasteiger partial charge in [-0.25, -0.2) is 0 Å². The molecule has 0 aromatic heterocycles. The summed E-state index contributed by atoms with van der Waals surface area (Å²) in [5.41, 5.74) is 1.93. The fourth-order valence-corrected chi connectivity index (χ4v) is 118. The van der Waals surface area contributed by atoms with Crippen LogP contribution in [0, 0.1) is 0 Å². The van der Waals surface area contributed by atoms with Gasteiger partial charge in [0.25, 0.3) is 0 Å². The summed E-state index contributed by atoms with van der Waals surface area (Å²) in [6, 6.07) is 17.0. The monoisotopic (exact) mass is 1730 g/mol. The Kier molecular flexibility index (Phi) is 34.1. The standard InChI is InChI=1S/C58H142O21Si20/c1-80(2,53-45-49-55-47-41-43-51-57(55)59)61-82(5,6)63-84(9,10)65-86(13,14)67-88(17,18)69-90(21,22)71-92(25,26)73-94(29,30)75-96(33,34)77-98(37,38)79-99(39,40)78-97(35,36)76-95(31,32)74-93(27,28)72-91(23,24)70-89(19,20)68-87(15,16)66-85(11,12)64-83(7,8)62-81(3,4)54-46-50-56-48-42-44-52-58(56)60/h41-44,47-48,51-52,59-60H,45-46,49-50,53-54H2,1-40H3. The first-order valence-electron chi connectivity index (χ1n) is 35.3. The molecule has 2 rings (SSSR count). The molecule has 0 saturated heterocycles. The molecule has 0 saturated carbocycles. The largest absolute Gasteiger partial charge is 0.508 e. The summed E-state index contributed by atoms with van der Waals surface area (Å²) >= 11 is 0. The Morgan fingerprint density at radius 2 is 0.313 bits per heavy atom. The van der Waals surface area contributed by atoms with E-state index >= 15 is 0 Å². The van der Waals surface area contributed by atoms with Crippen LogP contribution in [0.3, 0.4) is 0 Å². The number of aromatic hydroxyl groups is 2. The van der Waals surface area contributed by atoms with Crippen molar-refractivity contribution in [3.05, 3.63) is 59.7 Å². The number of hydrogen-bond acceptors (Lipinski definition) is 21. The Balaban J connectivity index is 2.02. The highest BCUT2D eigenvalue weighted by atomic mass is 28.6. The lowest BCUT2D eigenvalue weighted by molar-refractivity contribution is 0.250. The molecule has 2 aromatic rings. The normalized spacial score (nSPS) is 15.4. The average molecular weight is 1740 g/mol. The predicted octanol–water partition coefficient (Wildman–Crippen LogP) is 19.0. The van der Waals surface area contributed by atoms with Gasteiger partial charge in [0.15, 0.2) is 16.6 Å². The van der Waals surface area contributed by atoms with Gasteiger partial charge in [-0.15, -0.1) is 0 Å². The van der Waals surface area contributed by atoms with Gasteiger partial charge < -0.3 is 88.4 Å². The summed E-state index contributed by atoms with van der Waals surface area (Å²) in [6.07, 6.45) is 3.48. The van der Waals surface area contributed by atoms with E-state index in [1.807, 2.05) is 36.4 Å². The highest BCUT2D eigenvalue weighted by Gasteiger charge is 2.55. The minimum Gasteiger partial charge on any atom is -0.508 e. The lowest BCUT2D eigenvalue weighted by Crippen LogP contribution is -2.63. The average Bonchev–Trinajstić information content (AvgIpc) is 0.803. The number of para-hydroxylation sites is 2. The zero-order valence-corrected chi connectivity index (χ0v) is 89.5. The minimum absolute atomic E-state index is 0.345. The minimum atomic E-state index is -2.90. The van der Waals surface area contributed by atoms with Crippen molar-refractivity contribution in [2.45, 2.75) is 300 Å². The highest BCUT2D eigenvalue weighted by molar-refractivity contribution is 6.96. The van der Waals surface area contributed by atoms with Gasteiger partial charge in [-0.1, -0.05) is 36.4 Å². The van der Waals surface area contributed by atoms with Crippen LogP contribution in [0.25, 0.3) is 0 Å². The van der Waals surface area contributed by atoms with Crippen LogP contribution in [0.5, 0.6) is 11.5 Å². The van der Waals surface area contributed by atoms with E-state index in [0.717, 1.165) is 48.9 Å². The second-order valence-corrected chi connectivity index (χ2v) is 110. The number of phenolic OH excluding ortho intramolecular Hbond substituents is 2. The van der Waals surface area contributed by atoms with Crippen LogP contribution in [0.2, 0.25) is 274 Å². The molecule has 0 atom stereocenters. The van der Waals surface area contributed by atoms with Crippen molar-refractivity contribution < 1.29 is 88.4 Å². The van der Waals surface area contributed by atoms with Crippen molar-refractivity contribution in [2.24, 2.45) is 0 Å². The van der Waals surface area contributed by atoms with Gasteiger partial charge in [-0.3, -0.25) is 0 Å². The molecule has 580 valence electrons. The smallest absolute Gasteiger partial charge is 0.314 e. The second-order valence-electron chi connectivity index (χ2n) is 35.6. The van der Waals surface area contributed by atoms with Gasteiger partial charge in [0.05, 0.1) is 0 Å². The lowest BCUT2D eigenvalue weighted by Gasteiger charge is -2.45. The third kappa shape index (κ3) is 41.3. The summed E-state index contributed by atoms with van der Waals surface area (Å²) in [6.45, 7) is 83.5. The summed E-state index contributed by atoms with van der Waals surface area (Å²) in [5, 5.41) is 20.6. The quantitative estimate of drug-likeness (QED) is 0.0589. The topological polar surface area (TPSA) is 216 Å². The zero-order chi connectivity index (χ0) is 77.6. The van der Waals surface area contributed by atoms with Crippen LogP contribution < -0.4 is 0 Å². The van der Waals surface area contributed by atoms with Crippen molar-refractivity contribution in [2.75, 3.05) is 0 Å². The first-order chi connectivity index (χ1) is 43.4. The van der Waals surface area contributed by atoms with Gasteiger partial charge in [0, 0.05) is 0 Å². The molecule has 0 aliphatic carbocycles. The van der Waals surface area contributed by atoms with Crippen LogP contribution in [0.1, 0.15) is 24.0 Å². The fourth-order valence-electron chi connectivity index (χ4n) is 14.7. The molecule has 21 nitrogen and oxygen atoms in total. The summed E-state index contributed by atoms with van der Waals surface area (Å²) in [5.74, 6) is 0.691. The molecule has 0 spiro atoms. The number of phenols is 2. The molecule has 0 unspecified atom stereocenters. The molecule has 99 heavy (non-hydrogen) atoms. The van der Waals surface area contributed by atoms with E-state index in [-0.39, 0.29) is 0 Å². The van der Waals surface area contributed by atoms with Crippen LogP contribution in [0.15, 0.2) is 48.5 Å². The number of rotatable bonds is 46. The highest BCUT2D eigenvalue weighted by Crippen LogP contribution is 2.36. The molecule has 2 N–H and O–H groups in total. The molecular formula is C58H142O21Si20. The van der Waals surface area contributed by atoms with Gasteiger partial charge in [0.2, 0.25) is 0 Å². The lowest BCUT2D eigenvalue weighted by atomic mass is 10.1. The Morgan fingerprint density at radius 3 is 0.444 bits per heavy atom. The summed E-state index contributed by atoms with van der Waals surface area (Å²) < 4.78 is 132.